The first-order valence-corrected chi connectivity index (χ1v) is 7.28. The van der Waals surface area contributed by atoms with E-state index in [1.165, 1.54) is 5.56 Å². The van der Waals surface area contributed by atoms with E-state index in [2.05, 4.69) is 17.5 Å². The minimum absolute atomic E-state index is 0.542. The Bertz CT molecular complexity index is 649. The van der Waals surface area contributed by atoms with Gasteiger partial charge in [0.25, 0.3) is 5.91 Å². The van der Waals surface area contributed by atoms with Crippen molar-refractivity contribution in [1.29, 1.82) is 0 Å². The third-order valence-electron chi connectivity index (χ3n) is 3.48. The van der Waals surface area contributed by atoms with E-state index in [0.717, 1.165) is 12.0 Å². The van der Waals surface area contributed by atoms with Gasteiger partial charge in [0.2, 0.25) is 0 Å². The maximum absolute atomic E-state index is 11.9. The Balaban J connectivity index is 2.02. The molecule has 4 heteroatoms. The van der Waals surface area contributed by atoms with Crippen LogP contribution >= 0.6 is 0 Å². The molecule has 2 aromatic carbocycles. The first kappa shape index (κ1) is 15.9. The average molecular weight is 296 g/mol. The third kappa shape index (κ3) is 4.02. The highest BCUT2D eigenvalue weighted by Crippen LogP contribution is 2.12. The molecule has 4 nitrogen and oxygen atoms in total. The quantitative estimate of drug-likeness (QED) is 0.658. The molecule has 1 atom stereocenters. The highest BCUT2D eigenvalue weighted by Gasteiger charge is 2.16. The SMILES string of the molecule is CCc1ccc(/C(C)=N/NC(=O)C(O)c2ccccc2)cc1. The van der Waals surface area contributed by atoms with E-state index in [1.807, 2.05) is 37.3 Å². The molecule has 0 heterocycles. The van der Waals surface area contributed by atoms with Crippen LogP contribution in [0.2, 0.25) is 0 Å². The first-order valence-electron chi connectivity index (χ1n) is 7.28. The lowest BCUT2D eigenvalue weighted by atomic mass is 10.1. The van der Waals surface area contributed by atoms with Gasteiger partial charge in [-0.15, -0.1) is 0 Å². The zero-order chi connectivity index (χ0) is 15.9. The van der Waals surface area contributed by atoms with E-state index < -0.39 is 12.0 Å². The van der Waals surface area contributed by atoms with Crippen LogP contribution in [0.3, 0.4) is 0 Å². The Hall–Kier alpha value is -2.46. The molecule has 22 heavy (non-hydrogen) atoms. The molecule has 0 aromatic heterocycles. The van der Waals surface area contributed by atoms with Crippen LogP contribution in [0, 0.1) is 0 Å². The lowest BCUT2D eigenvalue weighted by Crippen LogP contribution is -2.26. The predicted octanol–water partition coefficient (Wildman–Crippen LogP) is 2.82. The van der Waals surface area contributed by atoms with Crippen LogP contribution in [0.15, 0.2) is 59.7 Å². The summed E-state index contributed by atoms with van der Waals surface area (Å²) < 4.78 is 0. The summed E-state index contributed by atoms with van der Waals surface area (Å²) in [4.78, 5) is 11.9. The molecule has 2 rings (SSSR count). The second-order valence-electron chi connectivity index (χ2n) is 5.04. The van der Waals surface area contributed by atoms with Gasteiger partial charge in [-0.05, 0) is 30.0 Å². The number of hydrogen-bond donors (Lipinski definition) is 2. The number of aryl methyl sites for hydroxylation is 1. The van der Waals surface area contributed by atoms with E-state index >= 15 is 0 Å². The van der Waals surface area contributed by atoms with Crippen molar-refractivity contribution in [3.05, 3.63) is 71.3 Å². The number of carbonyl (C=O) groups excluding carboxylic acids is 1. The number of nitrogens with zero attached hydrogens (tertiary/aromatic N) is 1. The molecule has 0 bridgehead atoms. The highest BCUT2D eigenvalue weighted by atomic mass is 16.3. The van der Waals surface area contributed by atoms with Gasteiger partial charge in [-0.3, -0.25) is 4.79 Å². The summed E-state index contributed by atoms with van der Waals surface area (Å²) in [6, 6.07) is 16.8. The molecular formula is C18H20N2O2. The van der Waals surface area contributed by atoms with Gasteiger partial charge in [0.1, 0.15) is 0 Å². The molecule has 0 saturated heterocycles. The molecule has 0 aliphatic carbocycles. The van der Waals surface area contributed by atoms with E-state index in [0.29, 0.717) is 11.3 Å². The van der Waals surface area contributed by atoms with Gasteiger partial charge >= 0.3 is 0 Å². The van der Waals surface area contributed by atoms with Gasteiger partial charge in [0.05, 0.1) is 5.71 Å². The summed E-state index contributed by atoms with van der Waals surface area (Å²) in [7, 11) is 0. The summed E-state index contributed by atoms with van der Waals surface area (Å²) in [5.41, 5.74) is 5.83. The maximum Gasteiger partial charge on any atom is 0.273 e. The van der Waals surface area contributed by atoms with Crippen LogP contribution < -0.4 is 5.43 Å². The van der Waals surface area contributed by atoms with Crippen molar-refractivity contribution in [1.82, 2.24) is 5.43 Å². The van der Waals surface area contributed by atoms with Crippen molar-refractivity contribution in [3.63, 3.8) is 0 Å². The maximum atomic E-state index is 11.9. The third-order valence-corrected chi connectivity index (χ3v) is 3.48. The summed E-state index contributed by atoms with van der Waals surface area (Å²) in [5, 5.41) is 14.0. The molecule has 0 aliphatic rings. The van der Waals surface area contributed by atoms with E-state index in [1.54, 1.807) is 24.3 Å². The first-order chi connectivity index (χ1) is 10.6. The van der Waals surface area contributed by atoms with Crippen molar-refractivity contribution in [2.75, 3.05) is 0 Å². The summed E-state index contributed by atoms with van der Waals surface area (Å²) >= 11 is 0. The summed E-state index contributed by atoms with van der Waals surface area (Å²) in [6.45, 7) is 3.91. The number of hydrazone groups is 1. The minimum Gasteiger partial charge on any atom is -0.378 e. The van der Waals surface area contributed by atoms with Crippen LogP contribution in [0.4, 0.5) is 0 Å². The summed E-state index contributed by atoms with van der Waals surface area (Å²) in [5.74, 6) is -0.546. The van der Waals surface area contributed by atoms with Crippen LogP contribution in [-0.4, -0.2) is 16.7 Å². The number of aliphatic hydroxyl groups is 1. The van der Waals surface area contributed by atoms with Gasteiger partial charge < -0.3 is 5.11 Å². The second kappa shape index (κ2) is 7.52. The van der Waals surface area contributed by atoms with Gasteiger partial charge in [0, 0.05) is 0 Å². The lowest BCUT2D eigenvalue weighted by molar-refractivity contribution is -0.129. The Morgan fingerprint density at radius 3 is 2.36 bits per heavy atom. The number of benzene rings is 2. The Labute approximate surface area is 130 Å². The molecule has 0 aliphatic heterocycles. The van der Waals surface area contributed by atoms with Crippen molar-refractivity contribution in [2.45, 2.75) is 26.4 Å². The van der Waals surface area contributed by atoms with E-state index in [4.69, 9.17) is 0 Å². The standard InChI is InChI=1S/C18H20N2O2/c1-3-14-9-11-15(12-10-14)13(2)19-20-18(22)17(21)16-7-5-4-6-8-16/h4-12,17,21H,3H2,1-2H3,(H,20,22)/b19-13+. The molecule has 1 amide bonds. The Kier molecular flexibility index (Phi) is 5.44. The number of rotatable bonds is 5. The van der Waals surface area contributed by atoms with Crippen LogP contribution in [0.1, 0.15) is 36.6 Å². The number of amides is 1. The Morgan fingerprint density at radius 2 is 1.77 bits per heavy atom. The van der Waals surface area contributed by atoms with Crippen molar-refractivity contribution < 1.29 is 9.90 Å². The number of nitrogens with one attached hydrogen (secondary N) is 1. The molecule has 2 aromatic rings. The second-order valence-corrected chi connectivity index (χ2v) is 5.04. The number of aliphatic hydroxyl groups excluding tert-OH is 1. The van der Waals surface area contributed by atoms with Gasteiger partial charge in [-0.1, -0.05) is 61.5 Å². The fourth-order valence-electron chi connectivity index (χ4n) is 2.03. The smallest absolute Gasteiger partial charge is 0.273 e. The molecule has 0 radical (unpaired) electrons. The molecule has 114 valence electrons. The predicted molar refractivity (Wildman–Crippen MR) is 87.6 cm³/mol. The van der Waals surface area contributed by atoms with Gasteiger partial charge in [-0.25, -0.2) is 5.43 Å². The zero-order valence-corrected chi connectivity index (χ0v) is 12.8. The minimum atomic E-state index is -1.22. The molecule has 1 unspecified atom stereocenters. The molecule has 0 fully saturated rings. The van der Waals surface area contributed by atoms with Crippen molar-refractivity contribution in [3.8, 4) is 0 Å². The van der Waals surface area contributed by atoms with E-state index in [9.17, 15) is 9.90 Å². The molecular weight excluding hydrogens is 276 g/mol. The van der Waals surface area contributed by atoms with Gasteiger partial charge in [-0.2, -0.15) is 5.10 Å². The Morgan fingerprint density at radius 1 is 1.14 bits per heavy atom. The van der Waals surface area contributed by atoms with Crippen molar-refractivity contribution >= 4 is 11.6 Å². The number of hydrogen-bond acceptors (Lipinski definition) is 3. The largest absolute Gasteiger partial charge is 0.378 e. The monoisotopic (exact) mass is 296 g/mol. The van der Waals surface area contributed by atoms with Crippen LogP contribution in [0.25, 0.3) is 0 Å². The van der Waals surface area contributed by atoms with E-state index in [-0.39, 0.29) is 0 Å². The normalized spacial score (nSPS) is 12.8. The fourth-order valence-corrected chi connectivity index (χ4v) is 2.03. The summed E-state index contributed by atoms with van der Waals surface area (Å²) in [6.07, 6.45) is -0.239. The fraction of sp³-hybridized carbons (Fsp3) is 0.222. The number of carbonyl (C=O) groups is 1. The molecule has 0 spiro atoms. The molecule has 2 N–H and O–H groups in total. The highest BCUT2D eigenvalue weighted by molar-refractivity contribution is 5.99. The van der Waals surface area contributed by atoms with Crippen molar-refractivity contribution in [2.24, 2.45) is 5.10 Å². The van der Waals surface area contributed by atoms with Crippen LogP contribution in [-0.2, 0) is 11.2 Å². The molecule has 0 saturated carbocycles. The average Bonchev–Trinajstić information content (AvgIpc) is 2.59. The lowest BCUT2D eigenvalue weighted by Gasteiger charge is -2.09. The van der Waals surface area contributed by atoms with Crippen LogP contribution in [0.5, 0.6) is 0 Å². The topological polar surface area (TPSA) is 61.7 Å². The van der Waals surface area contributed by atoms with Gasteiger partial charge in [0.15, 0.2) is 6.10 Å². The zero-order valence-electron chi connectivity index (χ0n) is 12.8.